The molecule has 5 nitrogen and oxygen atoms in total. The Morgan fingerprint density at radius 3 is 2.79 bits per heavy atom. The predicted molar refractivity (Wildman–Crippen MR) is 75.2 cm³/mol. The Morgan fingerprint density at radius 1 is 1.58 bits per heavy atom. The topological polar surface area (TPSA) is 50.8 Å². The van der Waals surface area contributed by atoms with E-state index in [1.54, 1.807) is 0 Å². The minimum absolute atomic E-state index is 0.164. The second-order valence-electron chi connectivity index (χ2n) is 5.91. The molecule has 1 rings (SSSR count). The van der Waals surface area contributed by atoms with Gasteiger partial charge in [0.2, 0.25) is 0 Å². The van der Waals surface area contributed by atoms with Gasteiger partial charge in [-0.05, 0) is 33.7 Å². The molecule has 112 valence electrons. The summed E-state index contributed by atoms with van der Waals surface area (Å²) in [7, 11) is 1.44. The number of methoxy groups -OCH3 is 1. The van der Waals surface area contributed by atoms with Crippen molar-refractivity contribution in [1.82, 2.24) is 10.2 Å². The van der Waals surface area contributed by atoms with Gasteiger partial charge >= 0.3 is 5.97 Å². The number of nitrogens with one attached hydrogen (secondary N) is 1. The van der Waals surface area contributed by atoms with Crippen LogP contribution in [0, 0.1) is 0 Å². The molecular formula is C14H28N2O3. The van der Waals surface area contributed by atoms with Gasteiger partial charge in [-0.2, -0.15) is 0 Å². The number of esters is 1. The van der Waals surface area contributed by atoms with E-state index in [9.17, 15) is 4.79 Å². The van der Waals surface area contributed by atoms with E-state index in [0.717, 1.165) is 26.1 Å². The molecule has 1 N–H and O–H groups in total. The molecule has 1 heterocycles. The fraction of sp³-hybridized carbons (Fsp3) is 0.929. The number of hydrogen-bond acceptors (Lipinski definition) is 5. The van der Waals surface area contributed by atoms with E-state index in [4.69, 9.17) is 9.47 Å². The van der Waals surface area contributed by atoms with Crippen LogP contribution in [-0.2, 0) is 14.3 Å². The SMILES string of the molecule is CCCNC(CN1CC(C)OC(C)(C)C1)C(=O)OC. The van der Waals surface area contributed by atoms with Crippen molar-refractivity contribution in [1.29, 1.82) is 0 Å². The number of ether oxygens (including phenoxy) is 2. The van der Waals surface area contributed by atoms with Gasteiger partial charge in [0.1, 0.15) is 6.04 Å². The largest absolute Gasteiger partial charge is 0.468 e. The van der Waals surface area contributed by atoms with Crippen molar-refractivity contribution in [2.45, 2.75) is 51.9 Å². The standard InChI is InChI=1S/C14H28N2O3/c1-6-7-15-12(13(17)18-5)9-16-8-11(2)19-14(3,4)10-16/h11-12,15H,6-10H2,1-5H3. The Morgan fingerprint density at radius 2 is 2.26 bits per heavy atom. The summed E-state index contributed by atoms with van der Waals surface area (Å²) in [6.07, 6.45) is 1.19. The van der Waals surface area contributed by atoms with Gasteiger partial charge in [0, 0.05) is 19.6 Å². The normalized spacial score (nSPS) is 25.0. The summed E-state index contributed by atoms with van der Waals surface area (Å²) in [5.41, 5.74) is -0.164. The van der Waals surface area contributed by atoms with Gasteiger partial charge in [-0.1, -0.05) is 6.92 Å². The molecule has 1 fully saturated rings. The van der Waals surface area contributed by atoms with Gasteiger partial charge in [0.05, 0.1) is 18.8 Å². The molecule has 2 unspecified atom stereocenters. The number of morpholine rings is 1. The van der Waals surface area contributed by atoms with Crippen molar-refractivity contribution in [3.63, 3.8) is 0 Å². The van der Waals surface area contributed by atoms with E-state index in [1.165, 1.54) is 7.11 Å². The van der Waals surface area contributed by atoms with Crippen molar-refractivity contribution in [3.8, 4) is 0 Å². The van der Waals surface area contributed by atoms with Crippen LogP contribution in [0.15, 0.2) is 0 Å². The van der Waals surface area contributed by atoms with Crippen molar-refractivity contribution in [3.05, 3.63) is 0 Å². The highest BCUT2D eigenvalue weighted by Gasteiger charge is 2.33. The summed E-state index contributed by atoms with van der Waals surface area (Å²) < 4.78 is 10.7. The third-order valence-electron chi connectivity index (χ3n) is 3.21. The minimum atomic E-state index is -0.258. The number of carbonyl (C=O) groups excluding carboxylic acids is 1. The lowest BCUT2D eigenvalue weighted by Crippen LogP contribution is -2.56. The first-order valence-corrected chi connectivity index (χ1v) is 7.09. The Balaban J connectivity index is 2.59. The van der Waals surface area contributed by atoms with Crippen LogP contribution in [0.4, 0.5) is 0 Å². The third-order valence-corrected chi connectivity index (χ3v) is 3.21. The number of rotatable bonds is 6. The van der Waals surface area contributed by atoms with Crippen molar-refractivity contribution in [2.24, 2.45) is 0 Å². The Kier molecular flexibility index (Phi) is 6.23. The van der Waals surface area contributed by atoms with Gasteiger partial charge in [0.15, 0.2) is 0 Å². The smallest absolute Gasteiger partial charge is 0.324 e. The highest BCUT2D eigenvalue weighted by Crippen LogP contribution is 2.20. The summed E-state index contributed by atoms with van der Waals surface area (Å²) in [5, 5.41) is 3.25. The Bertz CT molecular complexity index is 294. The maximum Gasteiger partial charge on any atom is 0.324 e. The zero-order valence-corrected chi connectivity index (χ0v) is 12.9. The van der Waals surface area contributed by atoms with Crippen LogP contribution in [0.1, 0.15) is 34.1 Å². The molecule has 0 aromatic rings. The summed E-state index contributed by atoms with van der Waals surface area (Å²) in [5.74, 6) is -0.189. The second kappa shape index (κ2) is 7.22. The lowest BCUT2D eigenvalue weighted by molar-refractivity contribution is -0.148. The van der Waals surface area contributed by atoms with Gasteiger partial charge in [-0.3, -0.25) is 9.69 Å². The van der Waals surface area contributed by atoms with E-state index < -0.39 is 0 Å². The molecule has 5 heteroatoms. The summed E-state index contributed by atoms with van der Waals surface area (Å²) in [4.78, 5) is 14.1. The summed E-state index contributed by atoms with van der Waals surface area (Å²) in [6, 6.07) is -0.258. The average molecular weight is 272 g/mol. The Labute approximate surface area is 116 Å². The van der Waals surface area contributed by atoms with E-state index in [2.05, 4.69) is 37.9 Å². The van der Waals surface area contributed by atoms with Crippen LogP contribution in [0.25, 0.3) is 0 Å². The molecule has 0 amide bonds. The highest BCUT2D eigenvalue weighted by molar-refractivity contribution is 5.75. The molecule has 0 aliphatic carbocycles. The number of hydrogen-bond donors (Lipinski definition) is 1. The zero-order chi connectivity index (χ0) is 14.5. The maximum atomic E-state index is 11.8. The van der Waals surface area contributed by atoms with Crippen molar-refractivity contribution >= 4 is 5.97 Å². The molecule has 0 aromatic heterocycles. The molecule has 2 atom stereocenters. The van der Waals surface area contributed by atoms with Gasteiger partial charge in [0.25, 0.3) is 0 Å². The second-order valence-corrected chi connectivity index (χ2v) is 5.91. The van der Waals surface area contributed by atoms with Gasteiger partial charge in [-0.25, -0.2) is 0 Å². The van der Waals surface area contributed by atoms with Crippen LogP contribution in [0.5, 0.6) is 0 Å². The number of carbonyl (C=O) groups is 1. The first kappa shape index (κ1) is 16.4. The first-order chi connectivity index (χ1) is 8.88. The van der Waals surface area contributed by atoms with E-state index in [-0.39, 0.29) is 23.7 Å². The van der Waals surface area contributed by atoms with Gasteiger partial charge < -0.3 is 14.8 Å². The molecule has 1 saturated heterocycles. The Hall–Kier alpha value is -0.650. The molecule has 1 aliphatic rings. The zero-order valence-electron chi connectivity index (χ0n) is 12.9. The van der Waals surface area contributed by atoms with Crippen LogP contribution < -0.4 is 5.32 Å². The third kappa shape index (κ3) is 5.47. The molecule has 0 bridgehead atoms. The number of nitrogens with zero attached hydrogens (tertiary/aromatic N) is 1. The molecular weight excluding hydrogens is 244 g/mol. The fourth-order valence-corrected chi connectivity index (χ4v) is 2.67. The lowest BCUT2D eigenvalue weighted by atomic mass is 10.0. The van der Waals surface area contributed by atoms with Crippen LogP contribution >= 0.6 is 0 Å². The van der Waals surface area contributed by atoms with E-state index in [0.29, 0.717) is 6.54 Å². The maximum absolute atomic E-state index is 11.8. The van der Waals surface area contributed by atoms with Gasteiger partial charge in [-0.15, -0.1) is 0 Å². The van der Waals surface area contributed by atoms with Crippen molar-refractivity contribution in [2.75, 3.05) is 33.3 Å². The van der Waals surface area contributed by atoms with E-state index >= 15 is 0 Å². The lowest BCUT2D eigenvalue weighted by Gasteiger charge is -2.42. The quantitative estimate of drug-likeness (QED) is 0.732. The molecule has 1 aliphatic heterocycles. The monoisotopic (exact) mass is 272 g/mol. The van der Waals surface area contributed by atoms with Crippen LogP contribution in [0.3, 0.4) is 0 Å². The summed E-state index contributed by atoms with van der Waals surface area (Å²) in [6.45, 7) is 11.5. The molecule has 0 saturated carbocycles. The molecule has 0 aromatic carbocycles. The minimum Gasteiger partial charge on any atom is -0.468 e. The van der Waals surface area contributed by atoms with Crippen LogP contribution in [0.2, 0.25) is 0 Å². The fourth-order valence-electron chi connectivity index (χ4n) is 2.67. The van der Waals surface area contributed by atoms with E-state index in [1.807, 2.05) is 0 Å². The van der Waals surface area contributed by atoms with Crippen molar-refractivity contribution < 1.29 is 14.3 Å². The molecule has 0 radical (unpaired) electrons. The average Bonchev–Trinajstić information content (AvgIpc) is 2.30. The van der Waals surface area contributed by atoms with Crippen LogP contribution in [-0.4, -0.2) is 61.9 Å². The predicted octanol–water partition coefficient (Wildman–Crippen LogP) is 1.03. The summed E-state index contributed by atoms with van der Waals surface area (Å²) >= 11 is 0. The molecule has 0 spiro atoms. The first-order valence-electron chi connectivity index (χ1n) is 7.09. The highest BCUT2D eigenvalue weighted by atomic mass is 16.5. The molecule has 19 heavy (non-hydrogen) atoms.